The predicted octanol–water partition coefficient (Wildman–Crippen LogP) is 5.37. The van der Waals surface area contributed by atoms with Gasteiger partial charge in [0.05, 0.1) is 5.60 Å². The van der Waals surface area contributed by atoms with Crippen molar-refractivity contribution < 1.29 is 9.50 Å². The van der Waals surface area contributed by atoms with Gasteiger partial charge in [0.25, 0.3) is 0 Å². The van der Waals surface area contributed by atoms with Crippen LogP contribution < -0.4 is 0 Å². The largest absolute Gasteiger partial charge is 0.387 e. The molecular formula is C21H35FO. The van der Waals surface area contributed by atoms with E-state index in [9.17, 15) is 9.50 Å². The Morgan fingerprint density at radius 3 is 2.48 bits per heavy atom. The molecule has 0 bridgehead atoms. The van der Waals surface area contributed by atoms with Gasteiger partial charge in [-0.2, -0.15) is 0 Å². The molecule has 0 heterocycles. The fourth-order valence-electron chi connectivity index (χ4n) is 7.86. The lowest BCUT2D eigenvalue weighted by Gasteiger charge is -2.57. The first-order valence-electron chi connectivity index (χ1n) is 10.3. The second-order valence-corrected chi connectivity index (χ2v) is 9.76. The minimum absolute atomic E-state index is 0.539. The third-order valence-corrected chi connectivity index (χ3v) is 9.04. The molecule has 0 aromatic heterocycles. The van der Waals surface area contributed by atoms with Gasteiger partial charge >= 0.3 is 0 Å². The fraction of sp³-hybridized carbons (Fsp3) is 1.00. The summed E-state index contributed by atoms with van der Waals surface area (Å²) in [6, 6.07) is 0. The summed E-state index contributed by atoms with van der Waals surface area (Å²) < 4.78 is 13.2. The lowest BCUT2D eigenvalue weighted by Crippen LogP contribution is -2.51. The van der Waals surface area contributed by atoms with E-state index in [1.54, 1.807) is 0 Å². The molecule has 0 radical (unpaired) electrons. The number of rotatable bonds is 2. The maximum Gasteiger partial charge on any atom is 0.118 e. The minimum atomic E-state index is -0.988. The Labute approximate surface area is 141 Å². The summed E-state index contributed by atoms with van der Waals surface area (Å²) in [5, 5.41) is 10.4. The zero-order valence-electron chi connectivity index (χ0n) is 15.1. The van der Waals surface area contributed by atoms with E-state index >= 15 is 0 Å². The lowest BCUT2D eigenvalue weighted by atomic mass is 9.49. The van der Waals surface area contributed by atoms with Crippen molar-refractivity contribution in [1.29, 1.82) is 0 Å². The summed E-state index contributed by atoms with van der Waals surface area (Å²) in [6.07, 6.45) is 12.2. The van der Waals surface area contributed by atoms with Gasteiger partial charge in [0, 0.05) is 0 Å². The molecule has 4 aliphatic rings. The van der Waals surface area contributed by atoms with Crippen molar-refractivity contribution in [3.8, 4) is 0 Å². The summed E-state index contributed by atoms with van der Waals surface area (Å²) >= 11 is 0. The molecule has 4 rings (SSSR count). The molecule has 8 atom stereocenters. The van der Waals surface area contributed by atoms with Crippen molar-refractivity contribution in [3.05, 3.63) is 0 Å². The molecule has 0 spiro atoms. The SMILES string of the molecule is CC[C@H]1CC[C@H]2C3CC[C@@H]4C[C@](O)(CF)CC[C@@H]4[C@H]3CC[C@]12C. The first kappa shape index (κ1) is 16.4. The highest BCUT2D eigenvalue weighted by molar-refractivity contribution is 5.06. The maximum absolute atomic E-state index is 13.2. The second kappa shape index (κ2) is 5.71. The van der Waals surface area contributed by atoms with E-state index in [-0.39, 0.29) is 0 Å². The van der Waals surface area contributed by atoms with Gasteiger partial charge < -0.3 is 5.11 Å². The van der Waals surface area contributed by atoms with Crippen molar-refractivity contribution >= 4 is 0 Å². The molecule has 23 heavy (non-hydrogen) atoms. The number of fused-ring (bicyclic) bond motifs is 5. The van der Waals surface area contributed by atoms with Crippen LogP contribution in [0.4, 0.5) is 4.39 Å². The van der Waals surface area contributed by atoms with Gasteiger partial charge in [0.15, 0.2) is 0 Å². The predicted molar refractivity (Wildman–Crippen MR) is 91.8 cm³/mol. The van der Waals surface area contributed by atoms with Gasteiger partial charge in [-0.15, -0.1) is 0 Å². The van der Waals surface area contributed by atoms with Gasteiger partial charge in [-0.25, -0.2) is 4.39 Å². The monoisotopic (exact) mass is 322 g/mol. The quantitative estimate of drug-likeness (QED) is 0.725. The summed E-state index contributed by atoms with van der Waals surface area (Å²) in [7, 11) is 0. The van der Waals surface area contributed by atoms with Gasteiger partial charge in [-0.05, 0) is 98.7 Å². The van der Waals surface area contributed by atoms with Crippen LogP contribution in [0, 0.1) is 40.9 Å². The van der Waals surface area contributed by atoms with Crippen LogP contribution in [0.1, 0.15) is 78.1 Å². The third kappa shape index (κ3) is 2.41. The number of hydrogen-bond donors (Lipinski definition) is 1. The normalized spacial score (nSPS) is 55.8. The van der Waals surface area contributed by atoms with E-state index in [2.05, 4.69) is 13.8 Å². The smallest absolute Gasteiger partial charge is 0.118 e. The molecule has 0 aromatic rings. The first-order chi connectivity index (χ1) is 11.0. The molecule has 1 N–H and O–H groups in total. The third-order valence-electron chi connectivity index (χ3n) is 9.04. The Kier molecular flexibility index (Phi) is 4.06. The van der Waals surface area contributed by atoms with Crippen molar-refractivity contribution in [2.75, 3.05) is 6.67 Å². The molecule has 132 valence electrons. The van der Waals surface area contributed by atoms with Gasteiger partial charge in [0.1, 0.15) is 6.67 Å². The highest BCUT2D eigenvalue weighted by Gasteiger charge is 2.57. The van der Waals surface area contributed by atoms with Gasteiger partial charge in [-0.1, -0.05) is 20.3 Å². The number of aliphatic hydroxyl groups is 1. The number of halogens is 1. The molecule has 4 fully saturated rings. The van der Waals surface area contributed by atoms with Crippen LogP contribution in [-0.2, 0) is 0 Å². The van der Waals surface area contributed by atoms with Crippen LogP contribution >= 0.6 is 0 Å². The van der Waals surface area contributed by atoms with Crippen LogP contribution in [0.3, 0.4) is 0 Å². The number of alkyl halides is 1. The Bertz CT molecular complexity index is 451. The highest BCUT2D eigenvalue weighted by atomic mass is 19.1. The zero-order chi connectivity index (χ0) is 16.2. The van der Waals surface area contributed by atoms with E-state index < -0.39 is 12.3 Å². The average molecular weight is 323 g/mol. The molecule has 0 aliphatic heterocycles. The van der Waals surface area contributed by atoms with Crippen molar-refractivity contribution in [2.45, 2.75) is 83.7 Å². The molecule has 0 amide bonds. The Morgan fingerprint density at radius 1 is 0.957 bits per heavy atom. The van der Waals surface area contributed by atoms with Crippen molar-refractivity contribution in [2.24, 2.45) is 40.9 Å². The number of hydrogen-bond acceptors (Lipinski definition) is 1. The van der Waals surface area contributed by atoms with Gasteiger partial charge in [-0.3, -0.25) is 0 Å². The van der Waals surface area contributed by atoms with Crippen LogP contribution in [0.5, 0.6) is 0 Å². The van der Waals surface area contributed by atoms with Crippen LogP contribution in [0.25, 0.3) is 0 Å². The topological polar surface area (TPSA) is 20.2 Å². The van der Waals surface area contributed by atoms with E-state index in [0.29, 0.717) is 17.8 Å². The maximum atomic E-state index is 13.2. The fourth-order valence-corrected chi connectivity index (χ4v) is 7.86. The molecule has 0 aromatic carbocycles. The summed E-state index contributed by atoms with van der Waals surface area (Å²) in [4.78, 5) is 0. The molecule has 2 heteroatoms. The summed E-state index contributed by atoms with van der Waals surface area (Å²) in [5.74, 6) is 5.10. The molecule has 4 aliphatic carbocycles. The van der Waals surface area contributed by atoms with Crippen LogP contribution in [0.15, 0.2) is 0 Å². The minimum Gasteiger partial charge on any atom is -0.387 e. The molecule has 0 saturated heterocycles. The van der Waals surface area contributed by atoms with E-state index in [1.165, 1.54) is 44.9 Å². The van der Waals surface area contributed by atoms with Gasteiger partial charge in [0.2, 0.25) is 0 Å². The Balaban J connectivity index is 1.52. The molecule has 4 saturated carbocycles. The van der Waals surface area contributed by atoms with Crippen molar-refractivity contribution in [1.82, 2.24) is 0 Å². The lowest BCUT2D eigenvalue weighted by molar-refractivity contribution is -0.111. The second-order valence-electron chi connectivity index (χ2n) is 9.76. The highest BCUT2D eigenvalue weighted by Crippen LogP contribution is 2.65. The molecule has 1 unspecified atom stereocenters. The van der Waals surface area contributed by atoms with Crippen LogP contribution in [-0.4, -0.2) is 17.4 Å². The van der Waals surface area contributed by atoms with E-state index in [4.69, 9.17) is 0 Å². The van der Waals surface area contributed by atoms with E-state index in [1.807, 2.05) is 0 Å². The first-order valence-corrected chi connectivity index (χ1v) is 10.3. The Hall–Kier alpha value is -0.110. The summed E-state index contributed by atoms with van der Waals surface area (Å²) in [5.41, 5.74) is -0.380. The molecular weight excluding hydrogens is 287 g/mol. The Morgan fingerprint density at radius 2 is 1.74 bits per heavy atom. The summed E-state index contributed by atoms with van der Waals surface area (Å²) in [6.45, 7) is 4.45. The standard InChI is InChI=1S/C21H35FO/c1-3-15-5-7-19-18-6-4-14-12-21(23,13-22)11-9-16(14)17(18)8-10-20(15,19)2/h14-19,23H,3-13H2,1-2H3/t14-,15+,16+,17-,18?,19+,20-,21+/m1/s1. The zero-order valence-corrected chi connectivity index (χ0v) is 15.1. The molecule has 1 nitrogen and oxygen atoms in total. The average Bonchev–Trinajstić information content (AvgIpc) is 2.90. The van der Waals surface area contributed by atoms with Crippen molar-refractivity contribution in [3.63, 3.8) is 0 Å². The van der Waals surface area contributed by atoms with Crippen LogP contribution in [0.2, 0.25) is 0 Å². The van der Waals surface area contributed by atoms with E-state index in [0.717, 1.165) is 42.4 Å².